The average Bonchev–Trinajstić information content (AvgIpc) is 3.24. The first-order valence-corrected chi connectivity index (χ1v) is 8.73. The maximum Gasteiger partial charge on any atom is 0.288 e. The minimum atomic E-state index is -0.143. The van der Waals surface area contributed by atoms with Gasteiger partial charge in [-0.3, -0.25) is 9.69 Å². The van der Waals surface area contributed by atoms with Crippen molar-refractivity contribution in [3.63, 3.8) is 0 Å². The summed E-state index contributed by atoms with van der Waals surface area (Å²) in [5, 5.41) is 3.11. The molecule has 5 heteroatoms. The van der Waals surface area contributed by atoms with Crippen molar-refractivity contribution in [2.24, 2.45) is 11.8 Å². The van der Waals surface area contributed by atoms with E-state index in [1.807, 2.05) is 0 Å². The molecule has 1 saturated carbocycles. The van der Waals surface area contributed by atoms with Gasteiger partial charge < -0.3 is 9.73 Å². The summed E-state index contributed by atoms with van der Waals surface area (Å²) in [6.45, 7) is 3.35. The molecule has 1 aromatic heterocycles. The summed E-state index contributed by atoms with van der Waals surface area (Å²) in [5.41, 5.74) is 1.38. The predicted molar refractivity (Wildman–Crippen MR) is 90.3 cm³/mol. The number of hydrogen-bond donors (Lipinski definition) is 1. The summed E-state index contributed by atoms with van der Waals surface area (Å²) in [7, 11) is 0. The van der Waals surface area contributed by atoms with Crippen molar-refractivity contribution in [1.82, 2.24) is 15.2 Å². The Morgan fingerprint density at radius 1 is 1.21 bits per heavy atom. The highest BCUT2D eigenvalue weighted by atomic mass is 16.3. The van der Waals surface area contributed by atoms with E-state index in [0.717, 1.165) is 31.8 Å². The third kappa shape index (κ3) is 3.36. The highest BCUT2D eigenvalue weighted by molar-refractivity contribution is 5.91. The van der Waals surface area contributed by atoms with Crippen LogP contribution in [0.1, 0.15) is 35.4 Å². The fourth-order valence-corrected chi connectivity index (χ4v) is 4.21. The van der Waals surface area contributed by atoms with E-state index in [4.69, 9.17) is 4.42 Å². The van der Waals surface area contributed by atoms with Crippen molar-refractivity contribution in [2.75, 3.05) is 13.1 Å². The van der Waals surface area contributed by atoms with E-state index in [2.05, 4.69) is 45.5 Å². The van der Waals surface area contributed by atoms with Crippen molar-refractivity contribution in [3.05, 3.63) is 54.2 Å². The van der Waals surface area contributed by atoms with Crippen molar-refractivity contribution in [1.29, 1.82) is 0 Å². The summed E-state index contributed by atoms with van der Waals surface area (Å²) >= 11 is 0. The molecular weight excluding hydrogens is 302 g/mol. The Morgan fingerprint density at radius 2 is 2.04 bits per heavy atom. The molecule has 126 valence electrons. The zero-order valence-electron chi connectivity index (χ0n) is 13.7. The van der Waals surface area contributed by atoms with Crippen LogP contribution in [0, 0.1) is 11.8 Å². The molecule has 2 aliphatic rings. The molecule has 0 radical (unpaired) electrons. The van der Waals surface area contributed by atoms with E-state index in [9.17, 15) is 4.79 Å². The van der Waals surface area contributed by atoms with Crippen LogP contribution in [0.3, 0.4) is 0 Å². The normalized spacial score (nSPS) is 26.9. The van der Waals surface area contributed by atoms with Crippen molar-refractivity contribution >= 4 is 5.91 Å². The van der Waals surface area contributed by atoms with Crippen LogP contribution in [-0.4, -0.2) is 34.9 Å². The van der Waals surface area contributed by atoms with E-state index in [0.29, 0.717) is 11.7 Å². The summed E-state index contributed by atoms with van der Waals surface area (Å²) in [4.78, 5) is 18.5. The molecule has 1 unspecified atom stereocenters. The van der Waals surface area contributed by atoms with Gasteiger partial charge in [-0.2, -0.15) is 0 Å². The van der Waals surface area contributed by atoms with Crippen molar-refractivity contribution < 1.29 is 9.21 Å². The lowest BCUT2D eigenvalue weighted by Gasteiger charge is -2.31. The van der Waals surface area contributed by atoms with Gasteiger partial charge in [0.15, 0.2) is 6.39 Å². The fourth-order valence-electron chi connectivity index (χ4n) is 4.21. The molecule has 0 bridgehead atoms. The van der Waals surface area contributed by atoms with E-state index in [1.54, 1.807) is 0 Å². The zero-order valence-corrected chi connectivity index (χ0v) is 13.7. The number of nitrogens with one attached hydrogen (secondary N) is 1. The zero-order chi connectivity index (χ0) is 16.4. The minimum absolute atomic E-state index is 0.143. The van der Waals surface area contributed by atoms with Gasteiger partial charge in [0.25, 0.3) is 5.91 Å². The number of fused-ring (bicyclic) bond motifs is 1. The smallest absolute Gasteiger partial charge is 0.288 e. The molecule has 3 atom stereocenters. The number of aromatic nitrogens is 1. The van der Waals surface area contributed by atoms with Crippen molar-refractivity contribution in [2.45, 2.75) is 31.8 Å². The SMILES string of the molecule is O=C(NC1CC[C@@H]2CN(Cc3ccccc3)C[C@@H]2C1)c1cnco1. The van der Waals surface area contributed by atoms with Gasteiger partial charge in [0, 0.05) is 25.7 Å². The lowest BCUT2D eigenvalue weighted by Crippen LogP contribution is -2.40. The second kappa shape index (κ2) is 6.77. The molecule has 1 amide bonds. The van der Waals surface area contributed by atoms with Crippen LogP contribution in [0.2, 0.25) is 0 Å². The van der Waals surface area contributed by atoms with Gasteiger partial charge in [-0.15, -0.1) is 0 Å². The highest BCUT2D eigenvalue weighted by Crippen LogP contribution is 2.36. The Bertz CT molecular complexity index is 671. The van der Waals surface area contributed by atoms with E-state index in [-0.39, 0.29) is 11.9 Å². The van der Waals surface area contributed by atoms with Gasteiger partial charge in [0.05, 0.1) is 6.20 Å². The maximum atomic E-state index is 12.1. The molecule has 1 aromatic carbocycles. The standard InChI is InChI=1S/C19H23N3O2/c23-19(18-9-20-13-24-18)21-17-7-6-15-11-22(12-16(15)8-17)10-14-4-2-1-3-5-14/h1-5,9,13,15-17H,6-8,10-12H2,(H,21,23)/t15-,16+,17?/m1/s1. The molecule has 0 spiro atoms. The Balaban J connectivity index is 1.31. The van der Waals surface area contributed by atoms with Gasteiger partial charge in [0.1, 0.15) is 0 Å². The Kier molecular flexibility index (Phi) is 4.34. The van der Waals surface area contributed by atoms with E-state index in [1.165, 1.54) is 31.1 Å². The quantitative estimate of drug-likeness (QED) is 0.939. The van der Waals surface area contributed by atoms with Gasteiger partial charge in [0.2, 0.25) is 5.76 Å². The maximum absolute atomic E-state index is 12.1. The molecular formula is C19H23N3O2. The molecule has 2 fully saturated rings. The Hall–Kier alpha value is -2.14. The summed E-state index contributed by atoms with van der Waals surface area (Å²) in [5.74, 6) is 1.61. The lowest BCUT2D eigenvalue weighted by molar-refractivity contribution is 0.0885. The van der Waals surface area contributed by atoms with E-state index < -0.39 is 0 Å². The van der Waals surface area contributed by atoms with Crippen LogP contribution in [0.15, 0.2) is 47.3 Å². The average molecular weight is 325 g/mol. The Morgan fingerprint density at radius 3 is 2.83 bits per heavy atom. The number of likely N-dealkylation sites (tertiary alicyclic amines) is 1. The Labute approximate surface area is 142 Å². The summed E-state index contributed by atoms with van der Waals surface area (Å²) < 4.78 is 5.08. The number of rotatable bonds is 4. The third-order valence-electron chi connectivity index (χ3n) is 5.37. The first kappa shape index (κ1) is 15.4. The molecule has 24 heavy (non-hydrogen) atoms. The van der Waals surface area contributed by atoms with Crippen LogP contribution >= 0.6 is 0 Å². The van der Waals surface area contributed by atoms with Crippen LogP contribution < -0.4 is 5.32 Å². The van der Waals surface area contributed by atoms with Crippen LogP contribution in [0.5, 0.6) is 0 Å². The second-order valence-electron chi connectivity index (χ2n) is 7.05. The van der Waals surface area contributed by atoms with E-state index >= 15 is 0 Å². The number of oxazole rings is 1. The van der Waals surface area contributed by atoms with Crippen LogP contribution in [-0.2, 0) is 6.54 Å². The number of benzene rings is 1. The summed E-state index contributed by atoms with van der Waals surface area (Å²) in [6, 6.07) is 10.9. The van der Waals surface area contributed by atoms with Gasteiger partial charge in [-0.25, -0.2) is 4.98 Å². The highest BCUT2D eigenvalue weighted by Gasteiger charge is 2.38. The lowest BCUT2D eigenvalue weighted by atomic mass is 9.79. The topological polar surface area (TPSA) is 58.4 Å². The van der Waals surface area contributed by atoms with Gasteiger partial charge in [-0.1, -0.05) is 30.3 Å². The number of amides is 1. The van der Waals surface area contributed by atoms with Crippen molar-refractivity contribution in [3.8, 4) is 0 Å². The molecule has 5 nitrogen and oxygen atoms in total. The minimum Gasteiger partial charge on any atom is -0.438 e. The molecule has 1 N–H and O–H groups in total. The number of carbonyl (C=O) groups excluding carboxylic acids is 1. The predicted octanol–water partition coefficient (Wildman–Crippen LogP) is 2.71. The van der Waals surface area contributed by atoms with Gasteiger partial charge >= 0.3 is 0 Å². The van der Waals surface area contributed by atoms with Gasteiger partial charge in [-0.05, 0) is 36.7 Å². The first-order chi connectivity index (χ1) is 11.8. The summed E-state index contributed by atoms with van der Waals surface area (Å²) in [6.07, 6.45) is 6.08. The number of carbonyl (C=O) groups is 1. The van der Waals surface area contributed by atoms with Crippen LogP contribution in [0.4, 0.5) is 0 Å². The molecule has 4 rings (SSSR count). The molecule has 1 saturated heterocycles. The fraction of sp³-hybridized carbons (Fsp3) is 0.474. The molecule has 1 aliphatic heterocycles. The monoisotopic (exact) mass is 325 g/mol. The molecule has 2 heterocycles. The largest absolute Gasteiger partial charge is 0.438 e. The number of nitrogens with zero attached hydrogens (tertiary/aromatic N) is 2. The second-order valence-corrected chi connectivity index (χ2v) is 7.05. The first-order valence-electron chi connectivity index (χ1n) is 8.73. The number of hydrogen-bond acceptors (Lipinski definition) is 4. The molecule has 1 aliphatic carbocycles. The third-order valence-corrected chi connectivity index (χ3v) is 5.37. The van der Waals surface area contributed by atoms with Crippen LogP contribution in [0.25, 0.3) is 0 Å². The molecule has 2 aromatic rings.